The van der Waals surface area contributed by atoms with Crippen LogP contribution in [0.2, 0.25) is 0 Å². The molecule has 0 radical (unpaired) electrons. The van der Waals surface area contributed by atoms with Crippen LogP contribution in [-0.2, 0) is 4.79 Å². The van der Waals surface area contributed by atoms with E-state index in [1.54, 1.807) is 0 Å². The van der Waals surface area contributed by atoms with Crippen LogP contribution in [0.15, 0.2) is 72.8 Å². The number of aryl methyl sites for hydroxylation is 2. The normalized spacial score (nSPS) is 21.6. The molecule has 3 aromatic rings. The summed E-state index contributed by atoms with van der Waals surface area (Å²) in [7, 11) is 0. The van der Waals surface area contributed by atoms with E-state index in [0.717, 1.165) is 53.0 Å². The number of benzene rings is 3. The van der Waals surface area contributed by atoms with Crippen molar-refractivity contribution < 1.29 is 9.59 Å². The zero-order valence-corrected chi connectivity index (χ0v) is 22.1. The molecule has 5 nitrogen and oxygen atoms in total. The first kappa shape index (κ1) is 25.1. The van der Waals surface area contributed by atoms with Crippen LogP contribution >= 0.6 is 0 Å². The zero-order chi connectivity index (χ0) is 25.9. The summed E-state index contributed by atoms with van der Waals surface area (Å²) in [6.45, 7) is 7.91. The summed E-state index contributed by atoms with van der Waals surface area (Å²) < 4.78 is 0. The number of nitrogens with zero attached hydrogens (tertiary/aromatic N) is 2. The van der Waals surface area contributed by atoms with Crippen LogP contribution in [0.5, 0.6) is 0 Å². The van der Waals surface area contributed by atoms with Gasteiger partial charge in [0, 0.05) is 36.1 Å². The van der Waals surface area contributed by atoms with Gasteiger partial charge >= 0.3 is 0 Å². The molecule has 5 rings (SSSR count). The molecule has 0 spiro atoms. The van der Waals surface area contributed by atoms with Gasteiger partial charge in [-0.15, -0.1) is 0 Å². The van der Waals surface area contributed by atoms with Crippen molar-refractivity contribution in [2.75, 3.05) is 23.3 Å². The maximum atomic E-state index is 14.0. The van der Waals surface area contributed by atoms with E-state index < -0.39 is 0 Å². The van der Waals surface area contributed by atoms with Gasteiger partial charge in [0.25, 0.3) is 5.91 Å². The van der Waals surface area contributed by atoms with Gasteiger partial charge in [0.15, 0.2) is 0 Å². The molecule has 3 aromatic carbocycles. The topological polar surface area (TPSA) is 52.7 Å². The van der Waals surface area contributed by atoms with Crippen LogP contribution in [0.3, 0.4) is 0 Å². The lowest BCUT2D eigenvalue weighted by Crippen LogP contribution is -2.46. The fourth-order valence-electron chi connectivity index (χ4n) is 6.17. The molecule has 192 valence electrons. The monoisotopic (exact) mass is 495 g/mol. The summed E-state index contributed by atoms with van der Waals surface area (Å²) >= 11 is 0. The van der Waals surface area contributed by atoms with E-state index in [2.05, 4.69) is 29.3 Å². The molecule has 0 aliphatic carbocycles. The second-order valence-corrected chi connectivity index (χ2v) is 10.6. The van der Waals surface area contributed by atoms with Gasteiger partial charge in [0.1, 0.15) is 0 Å². The van der Waals surface area contributed by atoms with Crippen LogP contribution in [-0.4, -0.2) is 35.8 Å². The van der Waals surface area contributed by atoms with Crippen LogP contribution in [0.4, 0.5) is 11.4 Å². The largest absolute Gasteiger partial charge is 0.369 e. The molecule has 3 atom stereocenters. The fraction of sp³-hybridized carbons (Fsp3) is 0.375. The predicted molar refractivity (Wildman–Crippen MR) is 150 cm³/mol. The third-order valence-electron chi connectivity index (χ3n) is 8.06. The van der Waals surface area contributed by atoms with Gasteiger partial charge in [-0.05, 0) is 81.3 Å². The Hall–Kier alpha value is -3.60. The van der Waals surface area contributed by atoms with Gasteiger partial charge in [0.05, 0.1) is 12.0 Å². The van der Waals surface area contributed by atoms with Crippen LogP contribution in [0.1, 0.15) is 65.7 Å². The molecule has 37 heavy (non-hydrogen) atoms. The van der Waals surface area contributed by atoms with Gasteiger partial charge in [-0.1, -0.05) is 54.6 Å². The smallest absolute Gasteiger partial charge is 0.254 e. The molecular weight excluding hydrogens is 458 g/mol. The molecule has 2 saturated heterocycles. The lowest BCUT2D eigenvalue weighted by Gasteiger charge is -2.41. The molecule has 2 aliphatic heterocycles. The molecule has 2 heterocycles. The minimum Gasteiger partial charge on any atom is -0.369 e. The van der Waals surface area contributed by atoms with E-state index in [1.807, 2.05) is 79.4 Å². The number of rotatable bonds is 5. The van der Waals surface area contributed by atoms with Crippen molar-refractivity contribution in [3.05, 3.63) is 95.1 Å². The Morgan fingerprint density at radius 2 is 1.54 bits per heavy atom. The lowest BCUT2D eigenvalue weighted by atomic mass is 9.83. The van der Waals surface area contributed by atoms with Crippen LogP contribution in [0, 0.1) is 19.8 Å². The number of carbonyl (C=O) groups is 2. The molecule has 2 aliphatic rings. The molecule has 2 fully saturated rings. The number of hydrogen-bond donors (Lipinski definition) is 1. The molecule has 1 N–H and O–H groups in total. The third-order valence-corrected chi connectivity index (χ3v) is 8.06. The van der Waals surface area contributed by atoms with Crippen molar-refractivity contribution in [1.29, 1.82) is 0 Å². The Morgan fingerprint density at radius 3 is 2.24 bits per heavy atom. The van der Waals surface area contributed by atoms with Gasteiger partial charge in [-0.2, -0.15) is 0 Å². The lowest BCUT2D eigenvalue weighted by molar-refractivity contribution is -0.123. The molecule has 2 unspecified atom stereocenters. The average Bonchev–Trinajstić information content (AvgIpc) is 3.34. The molecule has 5 heteroatoms. The van der Waals surface area contributed by atoms with Crippen molar-refractivity contribution in [2.45, 2.75) is 58.5 Å². The first-order valence-corrected chi connectivity index (χ1v) is 13.5. The van der Waals surface area contributed by atoms with E-state index in [0.29, 0.717) is 12.6 Å². The van der Waals surface area contributed by atoms with Gasteiger partial charge in [-0.25, -0.2) is 0 Å². The molecular formula is C32H37N3O2. The summed E-state index contributed by atoms with van der Waals surface area (Å²) in [5.41, 5.74) is 5.65. The predicted octanol–water partition coefficient (Wildman–Crippen LogP) is 6.52. The number of amides is 2. The van der Waals surface area contributed by atoms with Crippen LogP contribution < -0.4 is 10.2 Å². The Morgan fingerprint density at radius 1 is 0.838 bits per heavy atom. The second kappa shape index (κ2) is 10.8. The number of carbonyl (C=O) groups excluding carboxylic acids is 2. The highest BCUT2D eigenvalue weighted by Crippen LogP contribution is 2.38. The van der Waals surface area contributed by atoms with Crippen molar-refractivity contribution in [1.82, 2.24) is 4.90 Å². The van der Waals surface area contributed by atoms with E-state index in [-0.39, 0.29) is 23.8 Å². The Balaban J connectivity index is 1.44. The Bertz CT molecular complexity index is 1250. The number of likely N-dealkylation sites (tertiary alicyclic amines) is 1. The van der Waals surface area contributed by atoms with Crippen molar-refractivity contribution in [2.24, 2.45) is 5.92 Å². The number of nitrogens with one attached hydrogen (secondary N) is 1. The average molecular weight is 496 g/mol. The first-order valence-electron chi connectivity index (χ1n) is 13.5. The van der Waals surface area contributed by atoms with E-state index >= 15 is 0 Å². The van der Waals surface area contributed by atoms with Gasteiger partial charge < -0.3 is 15.1 Å². The first-order chi connectivity index (χ1) is 17.9. The number of anilines is 2. The zero-order valence-electron chi connectivity index (χ0n) is 22.1. The van der Waals surface area contributed by atoms with E-state index in [4.69, 9.17) is 0 Å². The Labute approximate surface area is 220 Å². The molecule has 0 aromatic heterocycles. The highest BCUT2D eigenvalue weighted by atomic mass is 16.2. The SMILES string of the molecule is Cc1cccc(C)c1C(=O)N1CCC[C@H](C(=O)Nc2cccc(N3CCCC3C)c2)C1c1ccccc1. The van der Waals surface area contributed by atoms with Crippen molar-refractivity contribution in [3.63, 3.8) is 0 Å². The summed E-state index contributed by atoms with van der Waals surface area (Å²) in [6, 6.07) is 24.4. The molecule has 0 saturated carbocycles. The maximum absolute atomic E-state index is 14.0. The van der Waals surface area contributed by atoms with E-state index in [1.165, 1.54) is 12.8 Å². The Kier molecular flexibility index (Phi) is 7.31. The van der Waals surface area contributed by atoms with Crippen molar-refractivity contribution in [3.8, 4) is 0 Å². The van der Waals surface area contributed by atoms with Crippen molar-refractivity contribution >= 4 is 23.2 Å². The van der Waals surface area contributed by atoms with Gasteiger partial charge in [-0.3, -0.25) is 9.59 Å². The summed E-state index contributed by atoms with van der Waals surface area (Å²) in [5, 5.41) is 3.21. The quantitative estimate of drug-likeness (QED) is 0.438. The van der Waals surface area contributed by atoms with Gasteiger partial charge in [0.2, 0.25) is 5.91 Å². The summed E-state index contributed by atoms with van der Waals surface area (Å²) in [6.07, 6.45) is 3.93. The maximum Gasteiger partial charge on any atom is 0.254 e. The minimum atomic E-state index is -0.334. The fourth-order valence-corrected chi connectivity index (χ4v) is 6.17. The van der Waals surface area contributed by atoms with Crippen LogP contribution in [0.25, 0.3) is 0 Å². The highest BCUT2D eigenvalue weighted by Gasteiger charge is 2.40. The number of hydrogen-bond acceptors (Lipinski definition) is 3. The second-order valence-electron chi connectivity index (χ2n) is 10.6. The standard InChI is InChI=1S/C32H37N3O2/c1-22-11-7-12-23(2)29(22)32(37)35-20-10-18-28(30(35)25-14-5-4-6-15-25)31(36)33-26-16-8-17-27(21-26)34-19-9-13-24(34)3/h4-8,11-12,14-17,21,24,28,30H,9-10,13,18-20H2,1-3H3,(H,33,36)/t24?,28-,30?/m0/s1. The summed E-state index contributed by atoms with van der Waals surface area (Å²) in [4.78, 5) is 32.1. The number of piperidine rings is 1. The third kappa shape index (κ3) is 5.13. The summed E-state index contributed by atoms with van der Waals surface area (Å²) in [5.74, 6) is -0.356. The minimum absolute atomic E-state index is 0.00646. The van der Waals surface area contributed by atoms with E-state index in [9.17, 15) is 9.59 Å². The molecule has 2 amide bonds. The molecule has 0 bridgehead atoms. The highest BCUT2D eigenvalue weighted by molar-refractivity contribution is 5.99.